The second-order valence-electron chi connectivity index (χ2n) is 3.59. The van der Waals surface area contributed by atoms with E-state index in [1.54, 1.807) is 20.7 Å². The van der Waals surface area contributed by atoms with Crippen LogP contribution in [-0.2, 0) is 0 Å². The van der Waals surface area contributed by atoms with Crippen molar-refractivity contribution in [2.45, 2.75) is 19.8 Å². The van der Waals surface area contributed by atoms with Crippen molar-refractivity contribution in [3.63, 3.8) is 0 Å². The number of para-hydroxylation sites is 1. The lowest BCUT2D eigenvalue weighted by molar-refractivity contribution is 0.792. The first-order chi connectivity index (χ1) is 8.38. The van der Waals surface area contributed by atoms with Gasteiger partial charge in [-0.3, -0.25) is 4.99 Å². The fourth-order valence-electron chi connectivity index (χ4n) is 1.29. The first-order valence-corrected chi connectivity index (χ1v) is 7.83. The predicted octanol–water partition coefficient (Wildman–Crippen LogP) is 3.65. The van der Waals surface area contributed by atoms with Crippen LogP contribution < -0.4 is 10.1 Å². The van der Waals surface area contributed by atoms with Crippen LogP contribution in [0.15, 0.2) is 35.3 Å². The molecule has 2 rings (SSSR count). The van der Waals surface area contributed by atoms with Crippen LogP contribution in [0.1, 0.15) is 19.8 Å². The minimum absolute atomic E-state index is 0.876. The SMILES string of the molecule is CCCCN=c1nc(Nc2ccccc2)ss1. The molecular weight excluding hydrogens is 250 g/mol. The third-order valence-corrected chi connectivity index (χ3v) is 4.15. The van der Waals surface area contributed by atoms with Crippen molar-refractivity contribution in [2.24, 2.45) is 4.99 Å². The maximum atomic E-state index is 4.44. The highest BCUT2D eigenvalue weighted by Gasteiger charge is 1.98. The summed E-state index contributed by atoms with van der Waals surface area (Å²) in [4.78, 5) is 9.75. The Morgan fingerprint density at radius 2 is 2.06 bits per heavy atom. The maximum absolute atomic E-state index is 4.44. The summed E-state index contributed by atoms with van der Waals surface area (Å²) in [5, 5.41) is 4.19. The first-order valence-electron chi connectivity index (χ1n) is 5.68. The molecular formula is C12H15N3S2. The molecule has 0 saturated carbocycles. The van der Waals surface area contributed by atoms with E-state index in [4.69, 9.17) is 0 Å². The number of rotatable bonds is 5. The molecule has 0 fully saturated rings. The van der Waals surface area contributed by atoms with Gasteiger partial charge in [0, 0.05) is 12.2 Å². The van der Waals surface area contributed by atoms with E-state index in [-0.39, 0.29) is 0 Å². The summed E-state index contributed by atoms with van der Waals surface area (Å²) in [5.74, 6) is 0. The molecule has 0 saturated heterocycles. The average molecular weight is 265 g/mol. The van der Waals surface area contributed by atoms with E-state index < -0.39 is 0 Å². The molecule has 0 atom stereocenters. The minimum atomic E-state index is 0.876. The van der Waals surface area contributed by atoms with Crippen LogP contribution in [0, 0.1) is 0 Å². The van der Waals surface area contributed by atoms with Gasteiger partial charge in [0.1, 0.15) is 0 Å². The Morgan fingerprint density at radius 3 is 2.82 bits per heavy atom. The molecule has 0 spiro atoms. The maximum Gasteiger partial charge on any atom is 0.217 e. The van der Waals surface area contributed by atoms with Gasteiger partial charge in [-0.1, -0.05) is 31.5 Å². The molecule has 3 nitrogen and oxygen atoms in total. The molecule has 1 heterocycles. The molecule has 2 aromatic rings. The van der Waals surface area contributed by atoms with E-state index in [2.05, 4.69) is 22.2 Å². The van der Waals surface area contributed by atoms with E-state index in [0.29, 0.717) is 0 Å². The summed E-state index contributed by atoms with van der Waals surface area (Å²) in [7, 11) is 3.25. The molecule has 0 unspecified atom stereocenters. The summed E-state index contributed by atoms with van der Waals surface area (Å²) in [6.45, 7) is 3.05. The van der Waals surface area contributed by atoms with Crippen LogP contribution in [0.5, 0.6) is 0 Å². The van der Waals surface area contributed by atoms with E-state index in [9.17, 15) is 0 Å². The van der Waals surface area contributed by atoms with Crippen LogP contribution in [-0.4, -0.2) is 11.5 Å². The monoisotopic (exact) mass is 265 g/mol. The molecule has 0 bridgehead atoms. The molecule has 0 radical (unpaired) electrons. The second-order valence-corrected chi connectivity index (χ2v) is 5.68. The van der Waals surface area contributed by atoms with Crippen molar-refractivity contribution in [1.82, 2.24) is 4.98 Å². The highest BCUT2D eigenvalue weighted by molar-refractivity contribution is 7.69. The molecule has 0 aliphatic heterocycles. The smallest absolute Gasteiger partial charge is 0.217 e. The van der Waals surface area contributed by atoms with Gasteiger partial charge in [0.25, 0.3) is 0 Å². The van der Waals surface area contributed by atoms with Crippen LogP contribution in [0.3, 0.4) is 0 Å². The Kier molecular flexibility index (Phi) is 4.70. The minimum Gasteiger partial charge on any atom is -0.331 e. The Bertz CT molecular complexity index is 502. The Balaban J connectivity index is 2.01. The van der Waals surface area contributed by atoms with Crippen LogP contribution in [0.25, 0.3) is 0 Å². The largest absolute Gasteiger partial charge is 0.331 e. The van der Waals surface area contributed by atoms with Gasteiger partial charge < -0.3 is 5.32 Å². The third-order valence-electron chi connectivity index (χ3n) is 2.18. The second kappa shape index (κ2) is 6.51. The lowest BCUT2D eigenvalue weighted by Crippen LogP contribution is -2.01. The molecule has 0 amide bonds. The molecule has 1 N–H and O–H groups in total. The molecule has 5 heteroatoms. The Labute approximate surface area is 108 Å². The van der Waals surface area contributed by atoms with Crippen molar-refractivity contribution in [3.8, 4) is 0 Å². The number of nitrogens with one attached hydrogen (secondary N) is 1. The molecule has 1 aromatic heterocycles. The van der Waals surface area contributed by atoms with Gasteiger partial charge >= 0.3 is 0 Å². The molecule has 90 valence electrons. The predicted molar refractivity (Wildman–Crippen MR) is 75.1 cm³/mol. The topological polar surface area (TPSA) is 37.3 Å². The van der Waals surface area contributed by atoms with E-state index in [0.717, 1.165) is 28.6 Å². The highest BCUT2D eigenvalue weighted by Crippen LogP contribution is 2.18. The zero-order chi connectivity index (χ0) is 11.9. The number of anilines is 2. The number of hydrogen-bond donors (Lipinski definition) is 1. The van der Waals surface area contributed by atoms with Crippen molar-refractivity contribution >= 4 is 31.5 Å². The Morgan fingerprint density at radius 1 is 1.24 bits per heavy atom. The third kappa shape index (κ3) is 3.94. The molecule has 0 aliphatic rings. The van der Waals surface area contributed by atoms with Crippen molar-refractivity contribution in [1.29, 1.82) is 0 Å². The van der Waals surface area contributed by atoms with Gasteiger partial charge in [0.05, 0.1) is 0 Å². The van der Waals surface area contributed by atoms with E-state index in [1.165, 1.54) is 6.42 Å². The number of unbranched alkanes of at least 4 members (excludes halogenated alkanes) is 1. The number of nitrogens with zero attached hydrogens (tertiary/aromatic N) is 2. The van der Waals surface area contributed by atoms with Crippen LogP contribution >= 0.6 is 20.7 Å². The summed E-state index contributed by atoms with van der Waals surface area (Å²) in [6, 6.07) is 10.1. The van der Waals surface area contributed by atoms with Crippen molar-refractivity contribution in [3.05, 3.63) is 35.1 Å². The van der Waals surface area contributed by atoms with Crippen LogP contribution in [0.4, 0.5) is 10.8 Å². The zero-order valence-electron chi connectivity index (χ0n) is 9.72. The van der Waals surface area contributed by atoms with Gasteiger partial charge in [-0.25, -0.2) is 0 Å². The summed E-state index contributed by atoms with van der Waals surface area (Å²) in [6.07, 6.45) is 2.30. The van der Waals surface area contributed by atoms with E-state index in [1.807, 2.05) is 30.3 Å². The van der Waals surface area contributed by atoms with Gasteiger partial charge in [-0.2, -0.15) is 4.98 Å². The standard InChI is InChI=1S/C12H15N3S2/c1-2-3-9-13-11-15-12(17-16-11)14-10-7-5-4-6-8-10/h4-8H,2-3,9H2,1H3,(H,13,14,15). The average Bonchev–Trinajstić information content (AvgIpc) is 2.79. The van der Waals surface area contributed by atoms with Gasteiger partial charge in [0.2, 0.25) is 4.80 Å². The fraction of sp³-hybridized carbons (Fsp3) is 0.333. The van der Waals surface area contributed by atoms with Gasteiger partial charge in [0.15, 0.2) is 5.13 Å². The molecule has 17 heavy (non-hydrogen) atoms. The zero-order valence-corrected chi connectivity index (χ0v) is 11.4. The number of benzene rings is 1. The van der Waals surface area contributed by atoms with Crippen LogP contribution in [0.2, 0.25) is 0 Å². The van der Waals surface area contributed by atoms with E-state index >= 15 is 0 Å². The summed E-state index contributed by atoms with van der Waals surface area (Å²) < 4.78 is 0. The highest BCUT2D eigenvalue weighted by atomic mass is 32.9. The Hall–Kier alpha value is -1.20. The molecule has 0 aliphatic carbocycles. The van der Waals surface area contributed by atoms with Gasteiger partial charge in [-0.15, -0.1) is 0 Å². The van der Waals surface area contributed by atoms with Crippen molar-refractivity contribution in [2.75, 3.05) is 11.9 Å². The quantitative estimate of drug-likeness (QED) is 0.662. The lowest BCUT2D eigenvalue weighted by Gasteiger charge is -1.99. The fourth-order valence-corrected chi connectivity index (χ4v) is 3.02. The molecule has 1 aromatic carbocycles. The number of aromatic nitrogens is 1. The summed E-state index contributed by atoms with van der Waals surface area (Å²) in [5.41, 5.74) is 1.06. The first kappa shape index (κ1) is 12.3. The van der Waals surface area contributed by atoms with Gasteiger partial charge in [-0.05, 0) is 39.2 Å². The summed E-state index contributed by atoms with van der Waals surface area (Å²) >= 11 is 0. The number of hydrogen-bond acceptors (Lipinski definition) is 5. The van der Waals surface area contributed by atoms with Crippen molar-refractivity contribution < 1.29 is 0 Å². The lowest BCUT2D eigenvalue weighted by atomic mass is 10.3. The normalized spacial score (nSPS) is 11.7.